The number of alkyl halides is 1. The van der Waals surface area contributed by atoms with Crippen LogP contribution in [0.25, 0.3) is 0 Å². The van der Waals surface area contributed by atoms with Crippen LogP contribution in [0.4, 0.5) is 4.39 Å². The monoisotopic (exact) mass is 230 g/mol. The molecule has 16 heavy (non-hydrogen) atoms. The molecule has 0 aromatic carbocycles. The fourth-order valence-corrected chi connectivity index (χ4v) is 3.06. The average molecular weight is 230 g/mol. The molecule has 1 aliphatic carbocycles. The summed E-state index contributed by atoms with van der Waals surface area (Å²) in [5.74, 6) is 0.724. The van der Waals surface area contributed by atoms with E-state index in [9.17, 15) is 9.50 Å². The SMILES string of the molecule is CC(C)C(O)C(C)(C)C1CCC(C)(F)CC1. The normalized spacial score (nSPS) is 34.1. The minimum Gasteiger partial charge on any atom is -0.392 e. The van der Waals surface area contributed by atoms with Crippen LogP contribution in [0.3, 0.4) is 0 Å². The van der Waals surface area contributed by atoms with Crippen molar-refractivity contribution in [1.82, 2.24) is 0 Å². The lowest BCUT2D eigenvalue weighted by molar-refractivity contribution is -0.0491. The molecule has 0 spiro atoms. The van der Waals surface area contributed by atoms with Gasteiger partial charge in [0.25, 0.3) is 0 Å². The second kappa shape index (κ2) is 4.64. The predicted octanol–water partition coefficient (Wildman–Crippen LogP) is 3.95. The molecule has 1 fully saturated rings. The lowest BCUT2D eigenvalue weighted by Crippen LogP contribution is -2.43. The first-order valence-corrected chi connectivity index (χ1v) is 6.54. The van der Waals surface area contributed by atoms with Gasteiger partial charge in [-0.2, -0.15) is 0 Å². The summed E-state index contributed by atoms with van der Waals surface area (Å²) in [5.41, 5.74) is -1.07. The van der Waals surface area contributed by atoms with Gasteiger partial charge in [-0.3, -0.25) is 0 Å². The van der Waals surface area contributed by atoms with Crippen molar-refractivity contribution in [3.05, 3.63) is 0 Å². The van der Waals surface area contributed by atoms with Gasteiger partial charge in [0, 0.05) is 0 Å². The number of aliphatic hydroxyl groups excluding tert-OH is 1. The summed E-state index contributed by atoms with van der Waals surface area (Å²) in [6.45, 7) is 10.1. The summed E-state index contributed by atoms with van der Waals surface area (Å²) in [4.78, 5) is 0. The van der Waals surface area contributed by atoms with Crippen LogP contribution in [0.15, 0.2) is 0 Å². The van der Waals surface area contributed by atoms with Crippen molar-refractivity contribution in [1.29, 1.82) is 0 Å². The molecule has 2 heteroatoms. The minimum absolute atomic E-state index is 0.0926. The van der Waals surface area contributed by atoms with Gasteiger partial charge >= 0.3 is 0 Å². The molecule has 1 aliphatic rings. The summed E-state index contributed by atoms with van der Waals surface area (Å²) in [6.07, 6.45) is 2.81. The van der Waals surface area contributed by atoms with E-state index < -0.39 is 5.67 Å². The molecule has 0 radical (unpaired) electrons. The number of halogens is 1. The maximum absolute atomic E-state index is 13.7. The molecule has 96 valence electrons. The molecule has 1 nitrogen and oxygen atoms in total. The standard InChI is InChI=1S/C14H27FO/c1-10(2)12(16)13(3,4)11-6-8-14(5,15)9-7-11/h10-12,16H,6-9H2,1-5H3. The van der Waals surface area contributed by atoms with Crippen molar-refractivity contribution in [2.45, 2.75) is 72.1 Å². The number of hydrogen-bond acceptors (Lipinski definition) is 1. The van der Waals surface area contributed by atoms with Crippen molar-refractivity contribution < 1.29 is 9.50 Å². The van der Waals surface area contributed by atoms with E-state index in [2.05, 4.69) is 27.7 Å². The molecule has 0 aliphatic heterocycles. The van der Waals surface area contributed by atoms with Crippen LogP contribution in [0.1, 0.15) is 60.3 Å². The van der Waals surface area contributed by atoms with Crippen LogP contribution < -0.4 is 0 Å². The molecular formula is C14H27FO. The lowest BCUT2D eigenvalue weighted by atomic mass is 9.64. The van der Waals surface area contributed by atoms with Crippen LogP contribution in [-0.4, -0.2) is 16.9 Å². The quantitative estimate of drug-likeness (QED) is 0.778. The van der Waals surface area contributed by atoms with Crippen molar-refractivity contribution in [2.24, 2.45) is 17.3 Å². The first-order valence-electron chi connectivity index (χ1n) is 6.54. The number of aliphatic hydroxyl groups is 1. The zero-order chi connectivity index (χ0) is 12.6. The highest BCUT2D eigenvalue weighted by molar-refractivity contribution is 4.92. The molecule has 1 rings (SSSR count). The Morgan fingerprint density at radius 2 is 1.69 bits per heavy atom. The number of hydrogen-bond donors (Lipinski definition) is 1. The third-order valence-electron chi connectivity index (χ3n) is 4.47. The topological polar surface area (TPSA) is 20.2 Å². The molecule has 0 heterocycles. The zero-order valence-corrected chi connectivity index (χ0v) is 11.4. The first-order chi connectivity index (χ1) is 7.17. The van der Waals surface area contributed by atoms with Gasteiger partial charge in [0.2, 0.25) is 0 Å². The Hall–Kier alpha value is -0.110. The molecule has 1 unspecified atom stereocenters. The molecule has 0 aromatic rings. The van der Waals surface area contributed by atoms with E-state index in [4.69, 9.17) is 0 Å². The molecule has 1 atom stereocenters. The highest BCUT2D eigenvalue weighted by atomic mass is 19.1. The van der Waals surface area contributed by atoms with Crippen molar-refractivity contribution >= 4 is 0 Å². The van der Waals surface area contributed by atoms with Gasteiger partial charge < -0.3 is 5.11 Å². The van der Waals surface area contributed by atoms with E-state index in [-0.39, 0.29) is 17.4 Å². The van der Waals surface area contributed by atoms with Crippen LogP contribution in [0, 0.1) is 17.3 Å². The Morgan fingerprint density at radius 3 is 2.06 bits per heavy atom. The molecule has 0 bridgehead atoms. The smallest absolute Gasteiger partial charge is 0.108 e. The Balaban J connectivity index is 2.64. The van der Waals surface area contributed by atoms with Crippen LogP contribution >= 0.6 is 0 Å². The van der Waals surface area contributed by atoms with Gasteiger partial charge in [0.15, 0.2) is 0 Å². The third kappa shape index (κ3) is 2.97. The van der Waals surface area contributed by atoms with Crippen molar-refractivity contribution in [3.63, 3.8) is 0 Å². The fourth-order valence-electron chi connectivity index (χ4n) is 3.06. The van der Waals surface area contributed by atoms with Crippen LogP contribution in [0.5, 0.6) is 0 Å². The maximum atomic E-state index is 13.7. The largest absolute Gasteiger partial charge is 0.392 e. The second-order valence-electron chi connectivity index (χ2n) is 6.70. The van der Waals surface area contributed by atoms with Crippen molar-refractivity contribution in [3.8, 4) is 0 Å². The van der Waals surface area contributed by atoms with Gasteiger partial charge in [0.05, 0.1) is 6.10 Å². The van der Waals surface area contributed by atoms with Crippen molar-refractivity contribution in [2.75, 3.05) is 0 Å². The predicted molar refractivity (Wildman–Crippen MR) is 66.1 cm³/mol. The molecule has 1 saturated carbocycles. The first kappa shape index (κ1) is 14.0. The maximum Gasteiger partial charge on any atom is 0.108 e. The van der Waals surface area contributed by atoms with E-state index in [1.807, 2.05) is 0 Å². The molecule has 0 saturated heterocycles. The van der Waals surface area contributed by atoms with Gasteiger partial charge in [0.1, 0.15) is 5.67 Å². The Morgan fingerprint density at radius 1 is 1.25 bits per heavy atom. The molecule has 0 amide bonds. The van der Waals surface area contributed by atoms with Gasteiger partial charge in [-0.25, -0.2) is 4.39 Å². The van der Waals surface area contributed by atoms with Gasteiger partial charge in [-0.15, -0.1) is 0 Å². The summed E-state index contributed by atoms with van der Waals surface area (Å²) >= 11 is 0. The Kier molecular flexibility index (Phi) is 4.04. The Bertz CT molecular complexity index is 223. The summed E-state index contributed by atoms with van der Waals surface area (Å²) in [6, 6.07) is 0. The number of rotatable bonds is 3. The molecule has 1 N–H and O–H groups in total. The van der Waals surface area contributed by atoms with Gasteiger partial charge in [-0.05, 0) is 49.9 Å². The van der Waals surface area contributed by atoms with E-state index in [1.54, 1.807) is 6.92 Å². The van der Waals surface area contributed by atoms with Crippen LogP contribution in [-0.2, 0) is 0 Å². The van der Waals surface area contributed by atoms with E-state index in [0.717, 1.165) is 12.8 Å². The summed E-state index contributed by atoms with van der Waals surface area (Å²) in [7, 11) is 0. The molecular weight excluding hydrogens is 203 g/mol. The third-order valence-corrected chi connectivity index (χ3v) is 4.47. The van der Waals surface area contributed by atoms with Crippen LogP contribution in [0.2, 0.25) is 0 Å². The van der Waals surface area contributed by atoms with Gasteiger partial charge in [-0.1, -0.05) is 27.7 Å². The Labute approximate surface area is 99.4 Å². The second-order valence-corrected chi connectivity index (χ2v) is 6.70. The molecule has 0 aromatic heterocycles. The average Bonchev–Trinajstić information content (AvgIpc) is 2.15. The van der Waals surface area contributed by atoms with E-state index in [0.29, 0.717) is 18.8 Å². The minimum atomic E-state index is -0.977. The lowest BCUT2D eigenvalue weighted by Gasteiger charge is -2.44. The van der Waals surface area contributed by atoms with E-state index in [1.165, 1.54) is 0 Å². The fraction of sp³-hybridized carbons (Fsp3) is 1.00. The van der Waals surface area contributed by atoms with E-state index >= 15 is 0 Å². The zero-order valence-electron chi connectivity index (χ0n) is 11.4. The highest BCUT2D eigenvalue weighted by Gasteiger charge is 2.42. The summed E-state index contributed by atoms with van der Waals surface area (Å²) in [5, 5.41) is 10.2. The summed E-state index contributed by atoms with van der Waals surface area (Å²) < 4.78 is 13.7. The highest BCUT2D eigenvalue weighted by Crippen LogP contribution is 2.45.